The molecule has 0 bridgehead atoms. The van der Waals surface area contributed by atoms with Gasteiger partial charge in [-0.1, -0.05) is 90.1 Å². The van der Waals surface area contributed by atoms with Crippen molar-refractivity contribution < 1.29 is 13.2 Å². The zero-order valence-corrected chi connectivity index (χ0v) is 20.1. The molecule has 4 heteroatoms. The Balaban J connectivity index is 1.93. The van der Waals surface area contributed by atoms with E-state index in [-0.39, 0.29) is 28.1 Å². The third kappa shape index (κ3) is 5.82. The van der Waals surface area contributed by atoms with Crippen molar-refractivity contribution in [2.45, 2.75) is 52.4 Å². The maximum atomic E-state index is 13.1. The monoisotopic (exact) mass is 436 g/mol. The Kier molecular flexibility index (Phi) is 6.16. The van der Waals surface area contributed by atoms with E-state index in [1.165, 1.54) is 11.1 Å². The van der Waals surface area contributed by atoms with Gasteiger partial charge in [0.2, 0.25) is 0 Å². The smallest absolute Gasteiger partial charge is 0.187 e. The summed E-state index contributed by atoms with van der Waals surface area (Å²) in [5, 5.41) is 0. The van der Waals surface area contributed by atoms with E-state index in [0.29, 0.717) is 11.1 Å². The predicted molar refractivity (Wildman–Crippen MR) is 130 cm³/mol. The van der Waals surface area contributed by atoms with Crippen LogP contribution in [0.15, 0.2) is 59.7 Å². The van der Waals surface area contributed by atoms with Crippen LogP contribution in [-0.4, -0.2) is 25.7 Å². The number of benzene rings is 2. The van der Waals surface area contributed by atoms with Crippen molar-refractivity contribution in [3.05, 3.63) is 81.9 Å². The highest BCUT2D eigenvalue weighted by molar-refractivity contribution is 7.92. The average molecular weight is 437 g/mol. The van der Waals surface area contributed by atoms with Crippen molar-refractivity contribution in [2.24, 2.45) is 0 Å². The first-order chi connectivity index (χ1) is 14.2. The minimum atomic E-state index is -3.37. The molecule has 2 aromatic carbocycles. The molecule has 0 N–H and O–H groups in total. The normalized spacial score (nSPS) is 19.7. The maximum Gasteiger partial charge on any atom is 0.187 e. The van der Waals surface area contributed by atoms with Crippen LogP contribution in [0.3, 0.4) is 0 Å². The van der Waals surface area contributed by atoms with Gasteiger partial charge in [-0.15, -0.1) is 0 Å². The van der Waals surface area contributed by atoms with Gasteiger partial charge >= 0.3 is 0 Å². The molecular formula is C27H32O3S. The molecule has 0 unspecified atom stereocenters. The van der Waals surface area contributed by atoms with Crippen LogP contribution in [-0.2, 0) is 25.5 Å². The average Bonchev–Trinajstić information content (AvgIpc) is 2.64. The lowest BCUT2D eigenvalue weighted by molar-refractivity contribution is -0.112. The molecule has 0 atom stereocenters. The van der Waals surface area contributed by atoms with Crippen molar-refractivity contribution in [1.29, 1.82) is 0 Å². The van der Waals surface area contributed by atoms with Gasteiger partial charge in [0.1, 0.15) is 0 Å². The molecule has 3 nitrogen and oxygen atoms in total. The maximum absolute atomic E-state index is 13.1. The second kappa shape index (κ2) is 8.23. The molecule has 1 aliphatic heterocycles. The molecule has 2 aromatic rings. The van der Waals surface area contributed by atoms with Crippen molar-refractivity contribution in [1.82, 2.24) is 0 Å². The van der Waals surface area contributed by atoms with Gasteiger partial charge in [-0.3, -0.25) is 4.79 Å². The molecule has 1 aliphatic rings. The summed E-state index contributed by atoms with van der Waals surface area (Å²) in [5.74, 6) is -0.616. The van der Waals surface area contributed by atoms with E-state index >= 15 is 0 Å². The lowest BCUT2D eigenvalue weighted by Crippen LogP contribution is -2.28. The second-order valence-corrected chi connectivity index (χ2v) is 12.5. The van der Waals surface area contributed by atoms with Crippen LogP contribution >= 0.6 is 0 Å². The number of hydrogen-bond donors (Lipinski definition) is 0. The van der Waals surface area contributed by atoms with Crippen LogP contribution in [0.25, 0.3) is 12.2 Å². The molecular weight excluding hydrogens is 404 g/mol. The van der Waals surface area contributed by atoms with E-state index in [4.69, 9.17) is 0 Å². The van der Waals surface area contributed by atoms with Crippen LogP contribution in [0.1, 0.15) is 63.8 Å². The molecule has 0 saturated carbocycles. The Hall–Kier alpha value is -2.46. The standard InChI is InChI=1S/C27H32O3S/c1-26(2,3)23-11-7-19(8-12-23)15-21-17-31(29,30)18-22(25(21)28)16-20-9-13-24(14-10-20)27(4,5)6/h7-16H,17-18H2,1-6H3/b21-15+,22-16+. The second-order valence-electron chi connectivity index (χ2n) is 10.4. The first-order valence-electron chi connectivity index (χ1n) is 10.6. The summed E-state index contributed by atoms with van der Waals surface area (Å²) in [7, 11) is -3.37. The number of sulfone groups is 1. The summed E-state index contributed by atoms with van der Waals surface area (Å²) >= 11 is 0. The van der Waals surface area contributed by atoms with E-state index in [9.17, 15) is 13.2 Å². The summed E-state index contributed by atoms with van der Waals surface area (Å²) in [6, 6.07) is 15.9. The highest BCUT2D eigenvalue weighted by Gasteiger charge is 2.30. The zero-order valence-electron chi connectivity index (χ0n) is 19.3. The quantitative estimate of drug-likeness (QED) is 0.564. The summed E-state index contributed by atoms with van der Waals surface area (Å²) in [6.07, 6.45) is 3.42. The molecule has 3 rings (SSSR count). The Bertz CT molecular complexity index is 1050. The molecule has 164 valence electrons. The van der Waals surface area contributed by atoms with Crippen LogP contribution in [0.4, 0.5) is 0 Å². The number of hydrogen-bond acceptors (Lipinski definition) is 3. The third-order valence-corrected chi connectivity index (χ3v) is 7.07. The van der Waals surface area contributed by atoms with Gasteiger partial charge in [-0.05, 0) is 45.2 Å². The number of Topliss-reactive ketones (excluding diaryl/α,β-unsaturated/α-hetero) is 1. The molecule has 1 heterocycles. The third-order valence-electron chi connectivity index (χ3n) is 5.57. The molecule has 0 radical (unpaired) electrons. The fraction of sp³-hybridized carbons (Fsp3) is 0.370. The van der Waals surface area contributed by atoms with Gasteiger partial charge in [-0.25, -0.2) is 8.42 Å². The van der Waals surface area contributed by atoms with Crippen molar-refractivity contribution >= 4 is 27.8 Å². The first-order valence-corrected chi connectivity index (χ1v) is 12.4. The van der Waals surface area contributed by atoms with E-state index in [1.54, 1.807) is 12.2 Å². The summed E-state index contributed by atoms with van der Waals surface area (Å²) in [6.45, 7) is 12.9. The SMILES string of the molecule is CC(C)(C)c1ccc(/C=C2\CS(=O)(=O)C/C(=C\c3ccc(C(C)(C)C)cc3)C2=O)cc1. The highest BCUT2D eigenvalue weighted by Crippen LogP contribution is 2.27. The van der Waals surface area contributed by atoms with Crippen LogP contribution in [0, 0.1) is 0 Å². The minimum Gasteiger partial charge on any atom is -0.289 e. The van der Waals surface area contributed by atoms with Crippen molar-refractivity contribution in [3.8, 4) is 0 Å². The summed E-state index contributed by atoms with van der Waals surface area (Å²) < 4.78 is 25.1. The summed E-state index contributed by atoms with van der Waals surface area (Å²) in [5.41, 5.74) is 4.78. The van der Waals surface area contributed by atoms with Gasteiger partial charge in [0, 0.05) is 11.1 Å². The summed E-state index contributed by atoms with van der Waals surface area (Å²) in [4.78, 5) is 13.1. The first kappa shape index (κ1) is 23.2. The Morgan fingerprint density at radius 1 is 0.645 bits per heavy atom. The molecule has 31 heavy (non-hydrogen) atoms. The number of rotatable bonds is 2. The van der Waals surface area contributed by atoms with E-state index < -0.39 is 9.84 Å². The van der Waals surface area contributed by atoms with Crippen molar-refractivity contribution in [2.75, 3.05) is 11.5 Å². The van der Waals surface area contributed by atoms with E-state index in [2.05, 4.69) is 41.5 Å². The fourth-order valence-electron chi connectivity index (χ4n) is 3.64. The van der Waals surface area contributed by atoms with Gasteiger partial charge in [0.25, 0.3) is 0 Å². The minimum absolute atomic E-state index is 0.0358. The lowest BCUT2D eigenvalue weighted by atomic mass is 9.86. The predicted octanol–water partition coefficient (Wildman–Crippen LogP) is 5.75. The molecule has 0 spiro atoms. The fourth-order valence-corrected chi connectivity index (χ4v) is 5.12. The van der Waals surface area contributed by atoms with Crippen LogP contribution in [0.5, 0.6) is 0 Å². The van der Waals surface area contributed by atoms with Crippen LogP contribution in [0.2, 0.25) is 0 Å². The van der Waals surface area contributed by atoms with E-state index in [1.807, 2.05) is 48.5 Å². The van der Waals surface area contributed by atoms with Crippen molar-refractivity contribution in [3.63, 3.8) is 0 Å². The van der Waals surface area contributed by atoms with Gasteiger partial charge in [0.05, 0.1) is 11.5 Å². The zero-order chi connectivity index (χ0) is 23.0. The number of carbonyl (C=O) groups excluding carboxylic acids is 1. The largest absolute Gasteiger partial charge is 0.289 e. The lowest BCUT2D eigenvalue weighted by Gasteiger charge is -2.20. The molecule has 0 amide bonds. The van der Waals surface area contributed by atoms with Gasteiger partial charge in [-0.2, -0.15) is 0 Å². The highest BCUT2D eigenvalue weighted by atomic mass is 32.2. The number of ketones is 1. The Morgan fingerprint density at radius 3 is 1.26 bits per heavy atom. The van der Waals surface area contributed by atoms with Gasteiger partial charge in [0.15, 0.2) is 15.6 Å². The molecule has 0 aliphatic carbocycles. The Morgan fingerprint density at radius 2 is 0.968 bits per heavy atom. The molecule has 1 fully saturated rings. The topological polar surface area (TPSA) is 51.2 Å². The Labute approximate surface area is 186 Å². The molecule has 1 saturated heterocycles. The molecule has 0 aromatic heterocycles. The van der Waals surface area contributed by atoms with Gasteiger partial charge < -0.3 is 0 Å². The number of carbonyl (C=O) groups is 1. The van der Waals surface area contributed by atoms with E-state index in [0.717, 1.165) is 11.1 Å². The van der Waals surface area contributed by atoms with Crippen LogP contribution < -0.4 is 0 Å².